The van der Waals surface area contributed by atoms with Gasteiger partial charge in [-0.25, -0.2) is 9.18 Å². The molecule has 3 amide bonds. The van der Waals surface area contributed by atoms with Gasteiger partial charge in [-0.2, -0.15) is 0 Å². The summed E-state index contributed by atoms with van der Waals surface area (Å²) in [5, 5.41) is 4.29. The Morgan fingerprint density at radius 3 is 2.50 bits per heavy atom. The van der Waals surface area contributed by atoms with E-state index in [1.807, 2.05) is 38.2 Å². The van der Waals surface area contributed by atoms with Crippen molar-refractivity contribution in [2.75, 3.05) is 13.1 Å². The lowest BCUT2D eigenvalue weighted by Gasteiger charge is -2.32. The van der Waals surface area contributed by atoms with E-state index in [-0.39, 0.29) is 36.4 Å². The van der Waals surface area contributed by atoms with Crippen molar-refractivity contribution in [3.63, 3.8) is 0 Å². The van der Waals surface area contributed by atoms with E-state index in [4.69, 9.17) is 0 Å². The summed E-state index contributed by atoms with van der Waals surface area (Å²) in [5.41, 5.74) is 3.05. The number of carbonyl (C=O) groups excluding carboxylic acids is 2. The predicted molar refractivity (Wildman–Crippen MR) is 141 cm³/mol. The van der Waals surface area contributed by atoms with Crippen molar-refractivity contribution >= 4 is 22.8 Å². The number of nitrogens with one attached hydrogen (secondary N) is 2. The molecule has 1 saturated carbocycles. The number of halogens is 1. The Hall–Kier alpha value is -3.35. The highest BCUT2D eigenvalue weighted by Crippen LogP contribution is 2.20. The molecule has 3 aromatic rings. The van der Waals surface area contributed by atoms with Crippen LogP contribution in [-0.2, 0) is 17.8 Å². The van der Waals surface area contributed by atoms with Gasteiger partial charge in [0.15, 0.2) is 0 Å². The summed E-state index contributed by atoms with van der Waals surface area (Å²) in [6.07, 6.45) is 8.12. The Morgan fingerprint density at radius 1 is 1.06 bits per heavy atom. The molecule has 7 heteroatoms. The van der Waals surface area contributed by atoms with Crippen LogP contribution in [0.3, 0.4) is 0 Å². The zero-order chi connectivity index (χ0) is 25.5. The third-order valence-electron chi connectivity index (χ3n) is 7.09. The van der Waals surface area contributed by atoms with E-state index < -0.39 is 0 Å². The lowest BCUT2D eigenvalue weighted by Crippen LogP contribution is -2.52. The van der Waals surface area contributed by atoms with Crippen LogP contribution in [0.2, 0.25) is 0 Å². The smallest absolute Gasteiger partial charge is 0.318 e. The maximum Gasteiger partial charge on any atom is 0.318 e. The Balaban J connectivity index is 1.47. The number of aromatic nitrogens is 1. The summed E-state index contributed by atoms with van der Waals surface area (Å²) < 4.78 is 13.5. The van der Waals surface area contributed by atoms with Crippen LogP contribution >= 0.6 is 0 Å². The van der Waals surface area contributed by atoms with Crippen LogP contribution in [0.15, 0.2) is 54.7 Å². The maximum absolute atomic E-state index is 13.6. The molecule has 2 aromatic carbocycles. The predicted octanol–water partition coefficient (Wildman–Crippen LogP) is 5.63. The van der Waals surface area contributed by atoms with Gasteiger partial charge in [0.25, 0.3) is 0 Å². The first-order valence-electron chi connectivity index (χ1n) is 13.0. The highest BCUT2D eigenvalue weighted by Gasteiger charge is 2.26. The highest BCUT2D eigenvalue weighted by atomic mass is 19.1. The summed E-state index contributed by atoms with van der Waals surface area (Å²) in [7, 11) is 0. The summed E-state index contributed by atoms with van der Waals surface area (Å²) in [6.45, 7) is 4.73. The number of hydrogen-bond acceptors (Lipinski definition) is 2. The topological polar surface area (TPSA) is 68.4 Å². The van der Waals surface area contributed by atoms with E-state index in [0.29, 0.717) is 19.5 Å². The van der Waals surface area contributed by atoms with Crippen molar-refractivity contribution in [1.29, 1.82) is 0 Å². The van der Waals surface area contributed by atoms with Crippen LogP contribution in [-0.4, -0.2) is 51.9 Å². The highest BCUT2D eigenvalue weighted by molar-refractivity contribution is 5.85. The summed E-state index contributed by atoms with van der Waals surface area (Å²) in [5.74, 6) is -0.424. The van der Waals surface area contributed by atoms with Crippen LogP contribution in [0.4, 0.5) is 9.18 Å². The van der Waals surface area contributed by atoms with Gasteiger partial charge >= 0.3 is 6.03 Å². The first kappa shape index (κ1) is 25.7. The van der Waals surface area contributed by atoms with Gasteiger partial charge in [0, 0.05) is 42.3 Å². The number of urea groups is 1. The summed E-state index contributed by atoms with van der Waals surface area (Å²) in [4.78, 5) is 33.4. The second-order valence-electron chi connectivity index (χ2n) is 10.1. The molecule has 36 heavy (non-hydrogen) atoms. The molecule has 4 rings (SSSR count). The molecular formula is C29H37FN4O2. The lowest BCUT2D eigenvalue weighted by molar-refractivity contribution is -0.132. The zero-order valence-corrected chi connectivity index (χ0v) is 21.3. The Bertz CT molecular complexity index is 1150. The van der Waals surface area contributed by atoms with E-state index in [1.165, 1.54) is 18.6 Å². The number of nitrogens with zero attached hydrogens (tertiary/aromatic N) is 2. The number of hydrogen-bond donors (Lipinski definition) is 2. The molecule has 0 unspecified atom stereocenters. The fourth-order valence-corrected chi connectivity index (χ4v) is 4.94. The summed E-state index contributed by atoms with van der Waals surface area (Å²) in [6, 6.07) is 14.2. The largest absolute Gasteiger partial charge is 0.361 e. The zero-order valence-electron chi connectivity index (χ0n) is 21.3. The van der Waals surface area contributed by atoms with E-state index in [2.05, 4.69) is 16.4 Å². The minimum atomic E-state index is -0.305. The van der Waals surface area contributed by atoms with Gasteiger partial charge in [0.2, 0.25) is 5.91 Å². The van der Waals surface area contributed by atoms with Gasteiger partial charge in [-0.15, -0.1) is 0 Å². The molecule has 0 spiro atoms. The number of carbonyl (C=O) groups is 2. The van der Waals surface area contributed by atoms with E-state index in [1.54, 1.807) is 21.9 Å². The number of fused-ring (bicyclic) bond motifs is 1. The monoisotopic (exact) mass is 492 g/mol. The molecule has 0 aliphatic heterocycles. The third-order valence-corrected chi connectivity index (χ3v) is 7.09. The van der Waals surface area contributed by atoms with Crippen LogP contribution in [0.25, 0.3) is 10.9 Å². The molecule has 1 aromatic heterocycles. The second-order valence-corrected chi connectivity index (χ2v) is 10.1. The number of H-pyrrole nitrogens is 1. The molecule has 0 bridgehead atoms. The van der Waals surface area contributed by atoms with Crippen LogP contribution in [0.1, 0.15) is 57.1 Å². The molecule has 1 aliphatic carbocycles. The molecule has 2 N–H and O–H groups in total. The Kier molecular flexibility index (Phi) is 8.62. The van der Waals surface area contributed by atoms with Crippen molar-refractivity contribution in [3.05, 3.63) is 71.7 Å². The molecule has 0 atom stereocenters. The summed E-state index contributed by atoms with van der Waals surface area (Å²) >= 11 is 0. The van der Waals surface area contributed by atoms with Gasteiger partial charge in [0.05, 0.1) is 0 Å². The minimum Gasteiger partial charge on any atom is -0.361 e. The minimum absolute atomic E-state index is 0.00526. The number of amides is 3. The molecule has 192 valence electrons. The quantitative estimate of drug-likeness (QED) is 0.406. The molecule has 6 nitrogen and oxygen atoms in total. The fourth-order valence-electron chi connectivity index (χ4n) is 4.94. The van der Waals surface area contributed by atoms with Crippen LogP contribution in [0.5, 0.6) is 0 Å². The normalized spacial score (nSPS) is 14.2. The molecule has 0 saturated heterocycles. The second kappa shape index (κ2) is 12.1. The average Bonchev–Trinajstić information content (AvgIpc) is 3.29. The first-order valence-corrected chi connectivity index (χ1v) is 13.0. The van der Waals surface area contributed by atoms with Crippen LogP contribution in [0, 0.1) is 5.82 Å². The number of rotatable bonds is 9. The first-order chi connectivity index (χ1) is 17.4. The average molecular weight is 493 g/mol. The lowest BCUT2D eigenvalue weighted by atomic mass is 9.96. The van der Waals surface area contributed by atoms with Gasteiger partial charge in [-0.05, 0) is 62.4 Å². The molecule has 1 aliphatic rings. The van der Waals surface area contributed by atoms with Crippen molar-refractivity contribution in [3.8, 4) is 0 Å². The van der Waals surface area contributed by atoms with E-state index in [0.717, 1.165) is 47.7 Å². The Morgan fingerprint density at radius 2 is 1.78 bits per heavy atom. The van der Waals surface area contributed by atoms with E-state index in [9.17, 15) is 14.0 Å². The van der Waals surface area contributed by atoms with Gasteiger partial charge in [0.1, 0.15) is 12.4 Å². The third kappa shape index (κ3) is 6.65. The molecule has 1 heterocycles. The van der Waals surface area contributed by atoms with Gasteiger partial charge in [-0.1, -0.05) is 49.6 Å². The fraction of sp³-hybridized carbons (Fsp3) is 0.448. The van der Waals surface area contributed by atoms with Crippen molar-refractivity contribution in [2.45, 2.75) is 71.0 Å². The molecule has 1 fully saturated rings. The molecule has 0 radical (unpaired) electrons. The number of aromatic amines is 1. The SMILES string of the molecule is CC(C)N(CC(=O)N(CCc1c[nH]c2ccccc12)Cc1ccc(F)cc1)C(=O)NC1CCCCC1. The Labute approximate surface area is 212 Å². The van der Waals surface area contributed by atoms with Gasteiger partial charge in [-0.3, -0.25) is 4.79 Å². The van der Waals surface area contributed by atoms with E-state index >= 15 is 0 Å². The van der Waals surface area contributed by atoms with Crippen molar-refractivity contribution in [2.24, 2.45) is 0 Å². The maximum atomic E-state index is 13.6. The van der Waals surface area contributed by atoms with Crippen molar-refractivity contribution in [1.82, 2.24) is 20.1 Å². The standard InChI is InChI=1S/C29H37FN4O2/c1-21(2)34(29(36)32-25-8-4-3-5-9-25)20-28(35)33(19-22-12-14-24(30)15-13-22)17-16-23-18-31-27-11-7-6-10-26(23)27/h6-7,10-15,18,21,25,31H,3-5,8-9,16-17,19-20H2,1-2H3,(H,32,36). The molecular weight excluding hydrogens is 455 g/mol. The van der Waals surface area contributed by atoms with Gasteiger partial charge < -0.3 is 20.1 Å². The van der Waals surface area contributed by atoms with Crippen molar-refractivity contribution < 1.29 is 14.0 Å². The van der Waals surface area contributed by atoms with Crippen LogP contribution < -0.4 is 5.32 Å². The number of benzene rings is 2. The number of para-hydroxylation sites is 1.